The predicted octanol–water partition coefficient (Wildman–Crippen LogP) is 0.921. The first-order chi connectivity index (χ1) is 5.29. The molecule has 0 aromatic heterocycles. The molecule has 2 aliphatic carbocycles. The van der Waals surface area contributed by atoms with E-state index >= 15 is 0 Å². The first-order valence-corrected chi connectivity index (χ1v) is 4.50. The summed E-state index contributed by atoms with van der Waals surface area (Å²) in [6.45, 7) is 0.571. The highest BCUT2D eigenvalue weighted by Crippen LogP contribution is 2.70. The summed E-state index contributed by atoms with van der Waals surface area (Å²) in [4.78, 5) is 0. The Balaban J connectivity index is 2.13. The van der Waals surface area contributed by atoms with E-state index in [4.69, 9.17) is 0 Å². The van der Waals surface area contributed by atoms with Crippen LogP contribution in [0.25, 0.3) is 0 Å². The maximum absolute atomic E-state index is 9.18. The smallest absolute Gasteiger partial charge is 0.0493 e. The zero-order valence-electron chi connectivity index (χ0n) is 6.84. The number of hydrogen-bond donors (Lipinski definition) is 2. The lowest BCUT2D eigenvalue weighted by Crippen LogP contribution is -2.25. The normalized spacial score (nSPS) is 48.5. The molecule has 0 saturated heterocycles. The topological polar surface area (TPSA) is 40.5 Å². The van der Waals surface area contributed by atoms with Crippen LogP contribution in [0.3, 0.4) is 0 Å². The van der Waals surface area contributed by atoms with Crippen molar-refractivity contribution in [3.05, 3.63) is 0 Å². The van der Waals surface area contributed by atoms with Gasteiger partial charge in [-0.1, -0.05) is 12.8 Å². The van der Waals surface area contributed by atoms with Gasteiger partial charge in [0.05, 0.1) is 0 Å². The second-order valence-electron chi connectivity index (χ2n) is 4.26. The number of fused-ring (bicyclic) bond motifs is 1. The molecular formula is C9H16O2. The SMILES string of the molecule is OC[C@@]12CCCC[C@]1(CO)C2. The Hall–Kier alpha value is -0.0800. The fourth-order valence-corrected chi connectivity index (χ4v) is 2.84. The number of hydrogen-bond acceptors (Lipinski definition) is 2. The highest BCUT2D eigenvalue weighted by Gasteiger charge is 2.66. The minimum Gasteiger partial charge on any atom is -0.396 e. The summed E-state index contributed by atoms with van der Waals surface area (Å²) >= 11 is 0. The van der Waals surface area contributed by atoms with Crippen LogP contribution in [-0.4, -0.2) is 23.4 Å². The minimum atomic E-state index is 0.139. The molecule has 11 heavy (non-hydrogen) atoms. The van der Waals surface area contributed by atoms with Gasteiger partial charge in [0.25, 0.3) is 0 Å². The Morgan fingerprint density at radius 3 is 1.73 bits per heavy atom. The van der Waals surface area contributed by atoms with Gasteiger partial charge in [-0.25, -0.2) is 0 Å². The molecule has 2 atom stereocenters. The van der Waals surface area contributed by atoms with Crippen molar-refractivity contribution in [1.29, 1.82) is 0 Å². The Labute approximate surface area is 67.2 Å². The molecule has 2 N–H and O–H groups in total. The van der Waals surface area contributed by atoms with Gasteiger partial charge in [-0.05, 0) is 19.3 Å². The fraction of sp³-hybridized carbons (Fsp3) is 1.00. The van der Waals surface area contributed by atoms with Crippen LogP contribution in [0, 0.1) is 10.8 Å². The summed E-state index contributed by atoms with van der Waals surface area (Å²) in [5, 5.41) is 18.4. The van der Waals surface area contributed by atoms with Gasteiger partial charge < -0.3 is 10.2 Å². The van der Waals surface area contributed by atoms with Crippen molar-refractivity contribution in [3.63, 3.8) is 0 Å². The number of aliphatic hydroxyl groups excluding tert-OH is 2. The Morgan fingerprint density at radius 1 is 0.909 bits per heavy atom. The van der Waals surface area contributed by atoms with Crippen molar-refractivity contribution in [2.75, 3.05) is 13.2 Å². The third-order valence-corrected chi connectivity index (χ3v) is 3.84. The van der Waals surface area contributed by atoms with Crippen LogP contribution in [0.15, 0.2) is 0 Å². The lowest BCUT2D eigenvalue weighted by Gasteiger charge is -2.27. The zero-order valence-corrected chi connectivity index (χ0v) is 6.84. The highest BCUT2D eigenvalue weighted by molar-refractivity contribution is 5.15. The molecule has 2 heteroatoms. The maximum atomic E-state index is 9.18. The molecule has 0 radical (unpaired) electrons. The first-order valence-electron chi connectivity index (χ1n) is 4.50. The van der Waals surface area contributed by atoms with Gasteiger partial charge >= 0.3 is 0 Å². The van der Waals surface area contributed by atoms with Gasteiger partial charge in [0, 0.05) is 24.0 Å². The van der Waals surface area contributed by atoms with E-state index in [0.717, 1.165) is 19.3 Å². The summed E-state index contributed by atoms with van der Waals surface area (Å²) in [5.74, 6) is 0. The molecule has 0 bridgehead atoms. The van der Waals surface area contributed by atoms with Crippen LogP contribution in [-0.2, 0) is 0 Å². The Morgan fingerprint density at radius 2 is 1.36 bits per heavy atom. The van der Waals surface area contributed by atoms with Gasteiger partial charge in [0.15, 0.2) is 0 Å². The molecule has 2 aliphatic rings. The van der Waals surface area contributed by atoms with E-state index < -0.39 is 0 Å². The zero-order chi connectivity index (χ0) is 7.95. The molecule has 2 fully saturated rings. The summed E-state index contributed by atoms with van der Waals surface area (Å²) in [7, 11) is 0. The standard InChI is InChI=1S/C9H16O2/c10-6-8-3-1-2-4-9(8,5-8)7-11/h10-11H,1-7H2/t8-,9+. The van der Waals surface area contributed by atoms with E-state index in [9.17, 15) is 10.2 Å². The van der Waals surface area contributed by atoms with Crippen LogP contribution in [0.5, 0.6) is 0 Å². The molecule has 0 heterocycles. The molecule has 0 spiro atoms. The van der Waals surface area contributed by atoms with Crippen molar-refractivity contribution in [1.82, 2.24) is 0 Å². The van der Waals surface area contributed by atoms with Crippen molar-refractivity contribution < 1.29 is 10.2 Å². The molecule has 0 aromatic rings. The summed E-state index contributed by atoms with van der Waals surface area (Å²) < 4.78 is 0. The largest absolute Gasteiger partial charge is 0.396 e. The summed E-state index contributed by atoms with van der Waals surface area (Å²) in [6.07, 6.45) is 5.80. The second-order valence-corrected chi connectivity index (χ2v) is 4.26. The van der Waals surface area contributed by atoms with Crippen molar-refractivity contribution >= 4 is 0 Å². The molecular weight excluding hydrogens is 140 g/mol. The third-order valence-electron chi connectivity index (χ3n) is 3.84. The van der Waals surface area contributed by atoms with Crippen molar-refractivity contribution in [2.24, 2.45) is 10.8 Å². The molecule has 0 aromatic carbocycles. The van der Waals surface area contributed by atoms with Gasteiger partial charge in [-0.3, -0.25) is 0 Å². The molecule has 2 saturated carbocycles. The summed E-state index contributed by atoms with van der Waals surface area (Å²) in [6, 6.07) is 0. The number of aliphatic hydroxyl groups is 2. The lowest BCUT2D eigenvalue weighted by molar-refractivity contribution is 0.0869. The first kappa shape index (κ1) is 7.56. The highest BCUT2D eigenvalue weighted by atomic mass is 16.3. The van der Waals surface area contributed by atoms with Crippen LogP contribution < -0.4 is 0 Å². The second kappa shape index (κ2) is 2.20. The van der Waals surface area contributed by atoms with E-state index in [-0.39, 0.29) is 24.0 Å². The van der Waals surface area contributed by atoms with E-state index in [1.165, 1.54) is 12.8 Å². The molecule has 0 unspecified atom stereocenters. The van der Waals surface area contributed by atoms with Crippen LogP contribution in [0.1, 0.15) is 32.1 Å². The van der Waals surface area contributed by atoms with Gasteiger partial charge in [-0.15, -0.1) is 0 Å². The van der Waals surface area contributed by atoms with Crippen molar-refractivity contribution in [2.45, 2.75) is 32.1 Å². The molecule has 2 nitrogen and oxygen atoms in total. The van der Waals surface area contributed by atoms with Crippen LogP contribution >= 0.6 is 0 Å². The minimum absolute atomic E-state index is 0.139. The van der Waals surface area contributed by atoms with Crippen LogP contribution in [0.4, 0.5) is 0 Å². The Kier molecular flexibility index (Phi) is 1.52. The van der Waals surface area contributed by atoms with Gasteiger partial charge in [0.2, 0.25) is 0 Å². The van der Waals surface area contributed by atoms with Gasteiger partial charge in [0.1, 0.15) is 0 Å². The van der Waals surface area contributed by atoms with Crippen molar-refractivity contribution in [3.8, 4) is 0 Å². The Bertz CT molecular complexity index is 151. The molecule has 0 amide bonds. The molecule has 64 valence electrons. The lowest BCUT2D eigenvalue weighted by atomic mass is 9.80. The monoisotopic (exact) mass is 156 g/mol. The van der Waals surface area contributed by atoms with E-state index in [2.05, 4.69) is 0 Å². The molecule has 2 rings (SSSR count). The summed E-state index contributed by atoms with van der Waals surface area (Å²) in [5.41, 5.74) is 0.278. The van der Waals surface area contributed by atoms with Gasteiger partial charge in [-0.2, -0.15) is 0 Å². The average Bonchev–Trinajstić information content (AvgIpc) is 2.75. The fourth-order valence-electron chi connectivity index (χ4n) is 2.84. The number of rotatable bonds is 2. The van der Waals surface area contributed by atoms with E-state index in [0.29, 0.717) is 0 Å². The predicted molar refractivity (Wildman–Crippen MR) is 42.1 cm³/mol. The third kappa shape index (κ3) is 0.798. The van der Waals surface area contributed by atoms with E-state index in [1.54, 1.807) is 0 Å². The van der Waals surface area contributed by atoms with E-state index in [1.807, 2.05) is 0 Å². The maximum Gasteiger partial charge on any atom is 0.0493 e. The molecule has 0 aliphatic heterocycles. The van der Waals surface area contributed by atoms with Crippen LogP contribution in [0.2, 0.25) is 0 Å². The average molecular weight is 156 g/mol. The quantitative estimate of drug-likeness (QED) is 0.624.